The Morgan fingerprint density at radius 2 is 1.83 bits per heavy atom. The van der Waals surface area contributed by atoms with Gasteiger partial charge in [0, 0.05) is 25.4 Å². The van der Waals surface area contributed by atoms with Crippen molar-refractivity contribution < 1.29 is 9.13 Å². The van der Waals surface area contributed by atoms with Gasteiger partial charge in [0.1, 0.15) is 18.2 Å². The van der Waals surface area contributed by atoms with Crippen LogP contribution in [-0.2, 0) is 20.7 Å². The number of rotatable bonds is 5. The van der Waals surface area contributed by atoms with E-state index in [-0.39, 0.29) is 12.2 Å². The first-order valence-electron chi connectivity index (χ1n) is 9.36. The van der Waals surface area contributed by atoms with E-state index in [1.165, 1.54) is 19.2 Å². The third kappa shape index (κ3) is 3.49. The van der Waals surface area contributed by atoms with Crippen molar-refractivity contribution in [3.05, 3.63) is 75.6 Å². The molecule has 0 radical (unpaired) electrons. The van der Waals surface area contributed by atoms with Crippen LogP contribution in [0.15, 0.2) is 47.3 Å². The smallest absolute Gasteiger partial charge is 0.368 e. The van der Waals surface area contributed by atoms with Gasteiger partial charge in [-0.1, -0.05) is 6.07 Å². The Labute approximate surface area is 172 Å². The van der Waals surface area contributed by atoms with Gasteiger partial charge in [-0.2, -0.15) is 14.5 Å². The van der Waals surface area contributed by atoms with Gasteiger partial charge in [0.15, 0.2) is 0 Å². The zero-order valence-corrected chi connectivity index (χ0v) is 17.1. The first kappa shape index (κ1) is 19.6. The summed E-state index contributed by atoms with van der Waals surface area (Å²) in [6, 6.07) is 12.2. The van der Waals surface area contributed by atoms with Crippen molar-refractivity contribution in [1.82, 2.24) is 29.6 Å². The van der Waals surface area contributed by atoms with Crippen LogP contribution >= 0.6 is 0 Å². The molecule has 0 saturated heterocycles. The van der Waals surface area contributed by atoms with E-state index < -0.39 is 11.5 Å². The predicted octanol–water partition coefficient (Wildman–Crippen LogP) is 2.70. The summed E-state index contributed by atoms with van der Waals surface area (Å²) in [7, 11) is 3.38. The number of halogens is 1. The summed E-state index contributed by atoms with van der Waals surface area (Å²) in [6.07, 6.45) is 0. The molecule has 8 nitrogen and oxygen atoms in total. The molecule has 0 aliphatic heterocycles. The lowest BCUT2D eigenvalue weighted by molar-refractivity contribution is 0.297. The number of hydrogen-bond donors (Lipinski definition) is 0. The molecule has 0 saturated carbocycles. The topological polar surface area (TPSA) is 79.8 Å². The maximum Gasteiger partial charge on any atom is 0.368 e. The van der Waals surface area contributed by atoms with E-state index in [0.29, 0.717) is 11.4 Å². The third-order valence-electron chi connectivity index (χ3n) is 5.00. The molecule has 154 valence electrons. The van der Waals surface area contributed by atoms with Gasteiger partial charge >= 0.3 is 5.69 Å². The monoisotopic (exact) mass is 408 g/mol. The lowest BCUT2D eigenvalue weighted by Gasteiger charge is -2.13. The minimum atomic E-state index is -0.483. The molecule has 0 aliphatic rings. The molecular weight excluding hydrogens is 387 g/mol. The van der Waals surface area contributed by atoms with Crippen LogP contribution in [-0.4, -0.2) is 29.6 Å². The van der Waals surface area contributed by atoms with Crippen LogP contribution in [0.4, 0.5) is 4.39 Å². The van der Waals surface area contributed by atoms with E-state index in [9.17, 15) is 9.18 Å². The maximum absolute atomic E-state index is 14.5. The molecule has 0 spiro atoms. The standard InChI is InChI=1S/C21H21FN6O2/c1-13-10-15(18-11-14(2)26(3)23-18)8-9-20(13)30-12-16-17(22)6-5-7-19(16)28-21(29)27(4)24-25-28/h5-11H,12H2,1-4H3. The number of tetrazole rings is 1. The van der Waals surface area contributed by atoms with Gasteiger partial charge in [-0.05, 0) is 66.2 Å². The molecule has 0 unspecified atom stereocenters. The summed E-state index contributed by atoms with van der Waals surface area (Å²) in [6.45, 7) is 3.85. The lowest BCUT2D eigenvalue weighted by Crippen LogP contribution is -2.23. The van der Waals surface area contributed by atoms with Gasteiger partial charge in [-0.3, -0.25) is 4.68 Å². The van der Waals surface area contributed by atoms with Crippen LogP contribution in [0.5, 0.6) is 5.75 Å². The van der Waals surface area contributed by atoms with Gasteiger partial charge in [0.05, 0.1) is 16.9 Å². The molecule has 4 aromatic rings. The first-order valence-corrected chi connectivity index (χ1v) is 9.36. The molecule has 30 heavy (non-hydrogen) atoms. The summed E-state index contributed by atoms with van der Waals surface area (Å²) in [4.78, 5) is 12.2. The third-order valence-corrected chi connectivity index (χ3v) is 5.00. The molecule has 2 heterocycles. The molecule has 0 amide bonds. The molecule has 9 heteroatoms. The summed E-state index contributed by atoms with van der Waals surface area (Å²) in [5.74, 6) is 0.135. The van der Waals surface area contributed by atoms with E-state index in [2.05, 4.69) is 15.5 Å². The molecule has 0 N–H and O–H groups in total. The average molecular weight is 408 g/mol. The van der Waals surface area contributed by atoms with Gasteiger partial charge in [0.25, 0.3) is 0 Å². The molecule has 2 aromatic carbocycles. The van der Waals surface area contributed by atoms with Crippen molar-refractivity contribution in [2.75, 3.05) is 0 Å². The van der Waals surface area contributed by atoms with Crippen molar-refractivity contribution in [2.45, 2.75) is 20.5 Å². The molecule has 0 bridgehead atoms. The van der Waals surface area contributed by atoms with Crippen LogP contribution < -0.4 is 10.4 Å². The fraction of sp³-hybridized carbons (Fsp3) is 0.238. The highest BCUT2D eigenvalue weighted by Crippen LogP contribution is 2.27. The largest absolute Gasteiger partial charge is 0.488 e. The minimum absolute atomic E-state index is 0.0616. The Bertz CT molecular complexity index is 1270. The second-order valence-electron chi connectivity index (χ2n) is 7.10. The Morgan fingerprint density at radius 3 is 2.47 bits per heavy atom. The second kappa shape index (κ2) is 7.58. The van der Waals surface area contributed by atoms with Crippen LogP contribution in [0.1, 0.15) is 16.8 Å². The Morgan fingerprint density at radius 1 is 1.03 bits per heavy atom. The van der Waals surface area contributed by atoms with E-state index in [1.54, 1.807) is 6.07 Å². The highest BCUT2D eigenvalue weighted by atomic mass is 19.1. The van der Waals surface area contributed by atoms with E-state index in [4.69, 9.17) is 4.74 Å². The zero-order valence-electron chi connectivity index (χ0n) is 17.1. The Hall–Kier alpha value is -3.75. The van der Waals surface area contributed by atoms with Crippen LogP contribution in [0.25, 0.3) is 16.9 Å². The van der Waals surface area contributed by atoms with Crippen LogP contribution in [0.2, 0.25) is 0 Å². The average Bonchev–Trinajstić information content (AvgIpc) is 3.23. The Balaban J connectivity index is 1.61. The molecule has 2 aromatic heterocycles. The molecule has 4 rings (SSSR count). The van der Waals surface area contributed by atoms with Crippen molar-refractivity contribution in [3.63, 3.8) is 0 Å². The number of benzene rings is 2. The van der Waals surface area contributed by atoms with Gasteiger partial charge in [-0.25, -0.2) is 9.18 Å². The zero-order chi connectivity index (χ0) is 21.4. The summed E-state index contributed by atoms with van der Waals surface area (Å²) in [5.41, 5.74) is 3.87. The number of aromatic nitrogens is 6. The van der Waals surface area contributed by atoms with Crippen molar-refractivity contribution >= 4 is 0 Å². The minimum Gasteiger partial charge on any atom is -0.488 e. The van der Waals surface area contributed by atoms with Crippen LogP contribution in [0.3, 0.4) is 0 Å². The molecule has 0 aliphatic carbocycles. The summed E-state index contributed by atoms with van der Waals surface area (Å²) in [5, 5.41) is 12.0. The van der Waals surface area contributed by atoms with E-state index in [0.717, 1.165) is 31.9 Å². The Kier molecular flexibility index (Phi) is 4.94. The quantitative estimate of drug-likeness (QED) is 0.507. The van der Waals surface area contributed by atoms with Crippen LogP contribution in [0, 0.1) is 19.7 Å². The summed E-state index contributed by atoms with van der Waals surface area (Å²) < 4.78 is 24.4. The maximum atomic E-state index is 14.5. The SMILES string of the molecule is Cc1cc(-c2cc(C)n(C)n2)ccc1OCc1c(F)cccc1-n1nnn(C)c1=O. The van der Waals surface area contributed by atoms with Crippen molar-refractivity contribution in [3.8, 4) is 22.7 Å². The highest BCUT2D eigenvalue weighted by molar-refractivity contribution is 5.62. The fourth-order valence-corrected chi connectivity index (χ4v) is 3.18. The molecule has 0 atom stereocenters. The molecule has 0 fully saturated rings. The van der Waals surface area contributed by atoms with Crippen molar-refractivity contribution in [1.29, 1.82) is 0 Å². The first-order chi connectivity index (χ1) is 14.3. The van der Waals surface area contributed by atoms with Gasteiger partial charge in [-0.15, -0.1) is 0 Å². The van der Waals surface area contributed by atoms with E-state index >= 15 is 0 Å². The highest BCUT2D eigenvalue weighted by Gasteiger charge is 2.16. The molecular formula is C21H21FN6O2. The fourth-order valence-electron chi connectivity index (χ4n) is 3.18. The normalized spacial score (nSPS) is 11.1. The van der Waals surface area contributed by atoms with Gasteiger partial charge < -0.3 is 4.74 Å². The lowest BCUT2D eigenvalue weighted by atomic mass is 10.1. The van der Waals surface area contributed by atoms with E-state index in [1.807, 2.05) is 49.8 Å². The predicted molar refractivity (Wildman–Crippen MR) is 109 cm³/mol. The number of nitrogens with zero attached hydrogens (tertiary/aromatic N) is 6. The summed E-state index contributed by atoms with van der Waals surface area (Å²) >= 11 is 0. The van der Waals surface area contributed by atoms with Gasteiger partial charge in [0.2, 0.25) is 0 Å². The van der Waals surface area contributed by atoms with Crippen molar-refractivity contribution in [2.24, 2.45) is 14.1 Å². The number of aryl methyl sites for hydroxylation is 4. The second-order valence-corrected chi connectivity index (χ2v) is 7.10. The number of hydrogen-bond acceptors (Lipinski definition) is 5. The number of ether oxygens (including phenoxy) is 1.